The van der Waals surface area contributed by atoms with Crippen LogP contribution in [0.3, 0.4) is 0 Å². The molecule has 1 aromatic carbocycles. The molecule has 2 amide bonds. The fraction of sp³-hybridized carbons (Fsp3) is 0.320. The molecule has 0 radical (unpaired) electrons. The van der Waals surface area contributed by atoms with Crippen LogP contribution in [0.2, 0.25) is 5.02 Å². The van der Waals surface area contributed by atoms with E-state index in [2.05, 4.69) is 20.0 Å². The van der Waals surface area contributed by atoms with Crippen LogP contribution in [0.4, 0.5) is 15.8 Å². The predicted molar refractivity (Wildman–Crippen MR) is 139 cm³/mol. The zero-order valence-corrected chi connectivity index (χ0v) is 21.9. The van der Waals surface area contributed by atoms with Gasteiger partial charge in [-0.1, -0.05) is 11.6 Å². The van der Waals surface area contributed by atoms with Crippen LogP contribution in [0.15, 0.2) is 42.7 Å². The molecule has 38 heavy (non-hydrogen) atoms. The number of carbonyl (C=O) groups excluding carboxylic acids is 2. The molecule has 1 aliphatic carbocycles. The topological polar surface area (TPSA) is 133 Å². The predicted octanol–water partition coefficient (Wildman–Crippen LogP) is 3.42. The number of sulfonamides is 1. The van der Waals surface area contributed by atoms with Crippen LogP contribution in [0.25, 0.3) is 0 Å². The molecule has 200 valence electrons. The zero-order chi connectivity index (χ0) is 27.0. The Kier molecular flexibility index (Phi) is 7.01. The largest absolute Gasteiger partial charge is 0.485 e. The summed E-state index contributed by atoms with van der Waals surface area (Å²) in [5.74, 6) is -0.370. The van der Waals surface area contributed by atoms with Gasteiger partial charge in [-0.3, -0.25) is 19.3 Å². The fourth-order valence-electron chi connectivity index (χ4n) is 4.11. The molecule has 1 saturated heterocycles. The van der Waals surface area contributed by atoms with Crippen molar-refractivity contribution in [2.75, 3.05) is 29.4 Å². The number of anilines is 2. The van der Waals surface area contributed by atoms with Crippen molar-refractivity contribution in [2.45, 2.75) is 25.4 Å². The van der Waals surface area contributed by atoms with Gasteiger partial charge in [-0.25, -0.2) is 12.8 Å². The molecule has 3 aromatic rings. The summed E-state index contributed by atoms with van der Waals surface area (Å²) >= 11 is 6.04. The Labute approximate surface area is 223 Å². The zero-order valence-electron chi connectivity index (χ0n) is 20.3. The Morgan fingerprint density at radius 3 is 2.61 bits per heavy atom. The highest BCUT2D eigenvalue weighted by Crippen LogP contribution is 2.33. The minimum Gasteiger partial charge on any atom is -0.485 e. The molecule has 2 fully saturated rings. The molecule has 2 aliphatic rings. The molecule has 3 heterocycles. The van der Waals surface area contributed by atoms with Crippen molar-refractivity contribution in [1.29, 1.82) is 0 Å². The SMILES string of the molecule is CS(=O)(=O)Nc1cc(Cl)cc(NC(=O)c2c[nH]c(Cc3ncc(OC4CN(C(=O)C5CC5)C4)cc3F)c2)c1. The molecule has 0 unspecified atom stereocenters. The smallest absolute Gasteiger partial charge is 0.257 e. The van der Waals surface area contributed by atoms with Gasteiger partial charge in [-0.2, -0.15) is 0 Å². The maximum absolute atomic E-state index is 14.7. The lowest BCUT2D eigenvalue weighted by Crippen LogP contribution is -2.56. The van der Waals surface area contributed by atoms with E-state index in [1.165, 1.54) is 36.7 Å². The van der Waals surface area contributed by atoms with Crippen LogP contribution >= 0.6 is 11.6 Å². The summed E-state index contributed by atoms with van der Waals surface area (Å²) in [5, 5.41) is 2.90. The van der Waals surface area contributed by atoms with Gasteiger partial charge in [0.05, 0.1) is 42.5 Å². The fourth-order valence-corrected chi connectivity index (χ4v) is 4.89. The molecular formula is C25H25ClFN5O5S. The van der Waals surface area contributed by atoms with Crippen molar-refractivity contribution >= 4 is 44.8 Å². The van der Waals surface area contributed by atoms with Crippen LogP contribution in [-0.4, -0.2) is 60.5 Å². The van der Waals surface area contributed by atoms with E-state index >= 15 is 0 Å². The van der Waals surface area contributed by atoms with Crippen LogP contribution in [-0.2, 0) is 21.2 Å². The molecule has 0 spiro atoms. The lowest BCUT2D eigenvalue weighted by Gasteiger charge is -2.39. The van der Waals surface area contributed by atoms with E-state index in [0.29, 0.717) is 30.2 Å². The van der Waals surface area contributed by atoms with E-state index in [9.17, 15) is 22.4 Å². The molecule has 3 N–H and O–H groups in total. The van der Waals surface area contributed by atoms with Gasteiger partial charge in [-0.05, 0) is 37.1 Å². The number of H-pyrrole nitrogens is 1. The molecule has 0 atom stereocenters. The number of aromatic nitrogens is 2. The van der Waals surface area contributed by atoms with Gasteiger partial charge in [0.15, 0.2) is 0 Å². The first-order valence-corrected chi connectivity index (χ1v) is 14.2. The second-order valence-corrected chi connectivity index (χ2v) is 11.7. The average Bonchev–Trinajstić information content (AvgIpc) is 3.54. The number of rotatable bonds is 9. The lowest BCUT2D eigenvalue weighted by molar-refractivity contribution is -0.141. The second-order valence-electron chi connectivity index (χ2n) is 9.50. The van der Waals surface area contributed by atoms with Crippen molar-refractivity contribution in [3.63, 3.8) is 0 Å². The Balaban J connectivity index is 1.17. The Bertz CT molecular complexity index is 1500. The van der Waals surface area contributed by atoms with Crippen LogP contribution < -0.4 is 14.8 Å². The maximum atomic E-state index is 14.7. The van der Waals surface area contributed by atoms with Gasteiger partial charge in [-0.15, -0.1) is 0 Å². The van der Waals surface area contributed by atoms with Crippen LogP contribution in [0, 0.1) is 11.7 Å². The highest BCUT2D eigenvalue weighted by molar-refractivity contribution is 7.92. The number of benzene rings is 1. The van der Waals surface area contributed by atoms with E-state index < -0.39 is 21.7 Å². The van der Waals surface area contributed by atoms with Gasteiger partial charge in [0, 0.05) is 41.0 Å². The molecule has 1 saturated carbocycles. The van der Waals surface area contributed by atoms with E-state index in [4.69, 9.17) is 16.3 Å². The Morgan fingerprint density at radius 2 is 1.92 bits per heavy atom. The number of aromatic amines is 1. The van der Waals surface area contributed by atoms with E-state index in [1.807, 2.05) is 0 Å². The van der Waals surface area contributed by atoms with E-state index in [0.717, 1.165) is 19.1 Å². The minimum atomic E-state index is -3.52. The summed E-state index contributed by atoms with van der Waals surface area (Å²) in [4.78, 5) is 33.6. The number of carbonyl (C=O) groups is 2. The van der Waals surface area contributed by atoms with Gasteiger partial charge in [0.2, 0.25) is 15.9 Å². The quantitative estimate of drug-likeness (QED) is 0.366. The third-order valence-corrected chi connectivity index (χ3v) is 6.93. The first-order chi connectivity index (χ1) is 18.0. The molecule has 2 aromatic heterocycles. The Morgan fingerprint density at radius 1 is 1.18 bits per heavy atom. The first kappa shape index (κ1) is 26.0. The van der Waals surface area contributed by atoms with Crippen LogP contribution in [0.5, 0.6) is 5.75 Å². The highest BCUT2D eigenvalue weighted by Gasteiger charge is 2.40. The second kappa shape index (κ2) is 10.3. The molecule has 13 heteroatoms. The number of likely N-dealkylation sites (tertiary alicyclic amines) is 1. The minimum absolute atomic E-state index is 0.117. The first-order valence-electron chi connectivity index (χ1n) is 11.9. The summed E-state index contributed by atoms with van der Waals surface area (Å²) in [6.45, 7) is 0.994. The lowest BCUT2D eigenvalue weighted by atomic mass is 10.1. The monoisotopic (exact) mass is 561 g/mol. The third kappa shape index (κ3) is 6.43. The Hall–Kier alpha value is -3.64. The number of pyridine rings is 1. The summed E-state index contributed by atoms with van der Waals surface area (Å²) in [7, 11) is -3.52. The van der Waals surface area contributed by atoms with E-state index in [-0.39, 0.29) is 46.3 Å². The summed E-state index contributed by atoms with van der Waals surface area (Å²) < 4.78 is 45.7. The van der Waals surface area contributed by atoms with Crippen molar-refractivity contribution in [2.24, 2.45) is 5.92 Å². The number of amides is 2. The molecular weight excluding hydrogens is 537 g/mol. The van der Waals surface area contributed by atoms with Crippen molar-refractivity contribution in [3.8, 4) is 5.75 Å². The third-order valence-electron chi connectivity index (χ3n) is 6.10. The van der Waals surface area contributed by atoms with Crippen molar-refractivity contribution in [3.05, 3.63) is 70.5 Å². The molecule has 0 bridgehead atoms. The normalized spacial score (nSPS) is 15.6. The van der Waals surface area contributed by atoms with Crippen molar-refractivity contribution in [1.82, 2.24) is 14.9 Å². The standard InChI is InChI=1S/C25H25ClFN5O5S/c1-38(35,36)31-19-6-16(26)5-18(7-19)30-24(33)15-4-17(28-10-15)8-23-22(27)9-20(11-29-23)37-21-12-32(13-21)25(34)14-2-3-14/h4-7,9-11,14,21,28,31H,2-3,8,12-13H2,1H3,(H,30,33). The van der Waals surface area contributed by atoms with Gasteiger partial charge in [0.25, 0.3) is 5.91 Å². The maximum Gasteiger partial charge on any atom is 0.257 e. The number of hydrogen-bond acceptors (Lipinski definition) is 6. The van der Waals surface area contributed by atoms with Gasteiger partial charge >= 0.3 is 0 Å². The number of halogens is 2. The number of nitrogens with one attached hydrogen (secondary N) is 3. The molecule has 1 aliphatic heterocycles. The number of hydrogen-bond donors (Lipinski definition) is 3. The summed E-state index contributed by atoms with van der Waals surface area (Å²) in [5.41, 5.74) is 1.53. The van der Waals surface area contributed by atoms with Crippen LogP contribution in [0.1, 0.15) is 34.6 Å². The molecule has 10 nitrogen and oxygen atoms in total. The average molecular weight is 562 g/mol. The number of ether oxygens (including phenoxy) is 1. The molecule has 5 rings (SSSR count). The highest BCUT2D eigenvalue weighted by atomic mass is 35.5. The van der Waals surface area contributed by atoms with E-state index in [1.54, 1.807) is 11.0 Å². The van der Waals surface area contributed by atoms with Crippen molar-refractivity contribution < 1.29 is 27.1 Å². The van der Waals surface area contributed by atoms with Gasteiger partial charge < -0.3 is 19.9 Å². The summed E-state index contributed by atoms with van der Waals surface area (Å²) in [6.07, 6.45) is 5.79. The summed E-state index contributed by atoms with van der Waals surface area (Å²) in [6, 6.07) is 7.18. The number of nitrogens with zero attached hydrogens (tertiary/aromatic N) is 2. The van der Waals surface area contributed by atoms with Gasteiger partial charge in [0.1, 0.15) is 17.7 Å².